The van der Waals surface area contributed by atoms with Gasteiger partial charge in [0.05, 0.1) is 0 Å². The van der Waals surface area contributed by atoms with Crippen molar-refractivity contribution in [1.29, 1.82) is 0 Å². The summed E-state index contributed by atoms with van der Waals surface area (Å²) in [4.78, 5) is 0. The molecule has 0 radical (unpaired) electrons. The average molecular weight is 265 g/mol. The Kier molecular flexibility index (Phi) is 3.46. The van der Waals surface area contributed by atoms with Crippen molar-refractivity contribution in [2.45, 2.75) is 65.2 Å². The number of nitrogens with one attached hydrogen (secondary N) is 1. The summed E-state index contributed by atoms with van der Waals surface area (Å²) in [5, 5.41) is 12.3. The van der Waals surface area contributed by atoms with Gasteiger partial charge in [-0.1, -0.05) is 13.8 Å². The molecule has 4 aliphatic rings. The van der Waals surface area contributed by atoms with Crippen LogP contribution in [0.3, 0.4) is 0 Å². The highest BCUT2D eigenvalue weighted by atomic mass is 16.3. The first kappa shape index (κ1) is 13.9. The van der Waals surface area contributed by atoms with Gasteiger partial charge >= 0.3 is 0 Å². The Hall–Kier alpha value is -0.0800. The zero-order chi connectivity index (χ0) is 13.6. The van der Waals surface area contributed by atoms with Crippen LogP contribution >= 0.6 is 0 Å². The highest BCUT2D eigenvalue weighted by molar-refractivity contribution is 5.10. The van der Waals surface area contributed by atoms with Gasteiger partial charge in [0.25, 0.3) is 0 Å². The molecule has 2 N–H and O–H groups in total. The van der Waals surface area contributed by atoms with Crippen LogP contribution in [-0.2, 0) is 0 Å². The molecule has 2 heteroatoms. The summed E-state index contributed by atoms with van der Waals surface area (Å²) in [7, 11) is 0. The van der Waals surface area contributed by atoms with Crippen molar-refractivity contribution in [2.24, 2.45) is 22.2 Å². The molecule has 0 saturated heterocycles. The van der Waals surface area contributed by atoms with Gasteiger partial charge in [-0.05, 0) is 86.6 Å². The fourth-order valence-electron chi connectivity index (χ4n) is 6.65. The lowest BCUT2D eigenvalue weighted by atomic mass is 9.40. The number of hydrogen-bond acceptors (Lipinski definition) is 2. The van der Waals surface area contributed by atoms with Gasteiger partial charge in [0, 0.05) is 6.61 Å². The molecule has 2 unspecified atom stereocenters. The molecule has 4 bridgehead atoms. The molecule has 0 aromatic heterocycles. The summed E-state index contributed by atoms with van der Waals surface area (Å²) in [6.45, 7) is 7.56. The Bertz CT molecular complexity index is 322. The Morgan fingerprint density at radius 1 is 1.00 bits per heavy atom. The van der Waals surface area contributed by atoms with Crippen LogP contribution in [0.25, 0.3) is 0 Å². The Balaban J connectivity index is 1.61. The van der Waals surface area contributed by atoms with Gasteiger partial charge in [-0.3, -0.25) is 0 Å². The zero-order valence-electron chi connectivity index (χ0n) is 12.8. The molecule has 110 valence electrons. The number of aliphatic hydroxyl groups excluding tert-OH is 1. The Labute approximate surface area is 118 Å². The molecule has 2 atom stereocenters. The van der Waals surface area contributed by atoms with Crippen molar-refractivity contribution in [1.82, 2.24) is 5.32 Å². The molecule has 4 rings (SSSR count). The summed E-state index contributed by atoms with van der Waals surface area (Å²) < 4.78 is 0. The monoisotopic (exact) mass is 265 g/mol. The van der Waals surface area contributed by atoms with Gasteiger partial charge in [-0.2, -0.15) is 0 Å². The molecule has 19 heavy (non-hydrogen) atoms. The second-order valence-electron chi connectivity index (χ2n) is 8.71. The average Bonchev–Trinajstić information content (AvgIpc) is 2.23. The first-order chi connectivity index (χ1) is 8.97. The van der Waals surface area contributed by atoms with Crippen molar-refractivity contribution in [3.05, 3.63) is 0 Å². The maximum Gasteiger partial charge on any atom is 0.0443 e. The molecule has 0 spiro atoms. The largest absolute Gasteiger partial charge is 0.396 e. The van der Waals surface area contributed by atoms with Crippen molar-refractivity contribution in [3.8, 4) is 0 Å². The van der Waals surface area contributed by atoms with Gasteiger partial charge < -0.3 is 10.4 Å². The highest BCUT2D eigenvalue weighted by Crippen LogP contribution is 2.70. The summed E-state index contributed by atoms with van der Waals surface area (Å²) in [6.07, 6.45) is 11.2. The minimum atomic E-state index is 0.316. The third-order valence-electron chi connectivity index (χ3n) is 6.09. The standard InChI is InChI=1S/C17H31NO/c1-15-8-14-9-16(2,11-15)13-17(10-14,12-15)4-6-18-5-3-7-19/h14,18-19H,3-13H2,1-2H3. The van der Waals surface area contributed by atoms with E-state index in [2.05, 4.69) is 19.2 Å². The first-order valence-electron chi connectivity index (χ1n) is 8.28. The van der Waals surface area contributed by atoms with Gasteiger partial charge in [-0.15, -0.1) is 0 Å². The molecule has 0 aromatic rings. The number of rotatable bonds is 6. The highest BCUT2D eigenvalue weighted by Gasteiger charge is 2.59. The van der Waals surface area contributed by atoms with E-state index in [-0.39, 0.29) is 0 Å². The van der Waals surface area contributed by atoms with E-state index in [1.54, 1.807) is 0 Å². The van der Waals surface area contributed by atoms with E-state index in [9.17, 15) is 0 Å². The van der Waals surface area contributed by atoms with E-state index in [0.29, 0.717) is 22.9 Å². The van der Waals surface area contributed by atoms with Crippen LogP contribution in [0, 0.1) is 22.2 Å². The van der Waals surface area contributed by atoms with E-state index in [0.717, 1.165) is 25.4 Å². The predicted molar refractivity (Wildman–Crippen MR) is 79.0 cm³/mol. The second kappa shape index (κ2) is 4.73. The molecule has 0 heterocycles. The van der Waals surface area contributed by atoms with Crippen molar-refractivity contribution < 1.29 is 5.11 Å². The predicted octanol–water partition coefficient (Wildman–Crippen LogP) is 3.35. The second-order valence-corrected chi connectivity index (χ2v) is 8.71. The van der Waals surface area contributed by atoms with Crippen LogP contribution in [-0.4, -0.2) is 24.8 Å². The topological polar surface area (TPSA) is 32.3 Å². The van der Waals surface area contributed by atoms with E-state index in [1.807, 2.05) is 0 Å². The van der Waals surface area contributed by atoms with Crippen LogP contribution in [0.1, 0.15) is 65.2 Å². The third-order valence-corrected chi connectivity index (χ3v) is 6.09. The Morgan fingerprint density at radius 3 is 2.26 bits per heavy atom. The summed E-state index contributed by atoms with van der Waals surface area (Å²) in [6, 6.07) is 0. The molecular formula is C17H31NO. The van der Waals surface area contributed by atoms with Crippen LogP contribution in [0.5, 0.6) is 0 Å². The minimum Gasteiger partial charge on any atom is -0.396 e. The van der Waals surface area contributed by atoms with Crippen LogP contribution in [0.15, 0.2) is 0 Å². The first-order valence-corrected chi connectivity index (χ1v) is 8.28. The van der Waals surface area contributed by atoms with Gasteiger partial charge in [0.15, 0.2) is 0 Å². The molecule has 4 aliphatic carbocycles. The number of aliphatic hydroxyl groups is 1. The minimum absolute atomic E-state index is 0.316. The molecule has 0 amide bonds. The van der Waals surface area contributed by atoms with Gasteiger partial charge in [0.2, 0.25) is 0 Å². The van der Waals surface area contributed by atoms with Gasteiger partial charge in [-0.25, -0.2) is 0 Å². The lowest BCUT2D eigenvalue weighted by molar-refractivity contribution is -0.147. The SMILES string of the molecule is CC12CC3CC(C)(C1)CC(CCNCCCO)(C3)C2. The molecule has 4 saturated carbocycles. The molecule has 4 fully saturated rings. The molecule has 2 nitrogen and oxygen atoms in total. The fraction of sp³-hybridized carbons (Fsp3) is 1.00. The van der Waals surface area contributed by atoms with Crippen LogP contribution in [0.4, 0.5) is 0 Å². The lowest BCUT2D eigenvalue weighted by Gasteiger charge is -2.65. The van der Waals surface area contributed by atoms with Crippen molar-refractivity contribution in [2.75, 3.05) is 19.7 Å². The summed E-state index contributed by atoms with van der Waals surface area (Å²) >= 11 is 0. The fourth-order valence-corrected chi connectivity index (χ4v) is 6.65. The van der Waals surface area contributed by atoms with Crippen LogP contribution < -0.4 is 5.32 Å². The van der Waals surface area contributed by atoms with E-state index < -0.39 is 0 Å². The smallest absolute Gasteiger partial charge is 0.0443 e. The zero-order valence-corrected chi connectivity index (χ0v) is 12.8. The van der Waals surface area contributed by atoms with Crippen LogP contribution in [0.2, 0.25) is 0 Å². The Morgan fingerprint density at radius 2 is 1.68 bits per heavy atom. The maximum atomic E-state index is 8.82. The quantitative estimate of drug-likeness (QED) is 0.722. The normalized spacial score (nSPS) is 47.8. The third kappa shape index (κ3) is 2.71. The summed E-state index contributed by atoms with van der Waals surface area (Å²) in [5.41, 5.74) is 1.95. The van der Waals surface area contributed by atoms with Crippen molar-refractivity contribution in [3.63, 3.8) is 0 Å². The lowest BCUT2D eigenvalue weighted by Crippen LogP contribution is -2.55. The molecular weight excluding hydrogens is 234 g/mol. The van der Waals surface area contributed by atoms with Crippen molar-refractivity contribution >= 4 is 0 Å². The van der Waals surface area contributed by atoms with E-state index in [4.69, 9.17) is 5.11 Å². The van der Waals surface area contributed by atoms with Gasteiger partial charge in [0.1, 0.15) is 0 Å². The van der Waals surface area contributed by atoms with E-state index in [1.165, 1.54) is 44.9 Å². The molecule has 0 aliphatic heterocycles. The molecule has 0 aromatic carbocycles. The number of hydrogen-bond donors (Lipinski definition) is 2. The van der Waals surface area contributed by atoms with E-state index >= 15 is 0 Å². The maximum absolute atomic E-state index is 8.82. The summed E-state index contributed by atoms with van der Waals surface area (Å²) in [5.74, 6) is 1.02.